The van der Waals surface area contributed by atoms with Crippen molar-refractivity contribution in [2.75, 3.05) is 0 Å². The Morgan fingerprint density at radius 2 is 2.44 bits per heavy atom. The smallest absolute Gasteiger partial charge is 0.271 e. The Morgan fingerprint density at radius 3 is 3.00 bits per heavy atom. The summed E-state index contributed by atoms with van der Waals surface area (Å²) < 4.78 is 4.91. The van der Waals surface area contributed by atoms with Gasteiger partial charge in [-0.25, -0.2) is 4.98 Å². The molecule has 7 heteroatoms. The fourth-order valence-electron chi connectivity index (χ4n) is 1.36. The Kier molecular flexibility index (Phi) is 3.73. The van der Waals surface area contributed by atoms with E-state index in [1.807, 2.05) is 6.92 Å². The van der Waals surface area contributed by atoms with E-state index in [-0.39, 0.29) is 11.9 Å². The molecule has 1 amide bonds. The number of nitrogens with two attached hydrogens (primary N) is 1. The maximum absolute atomic E-state index is 11.8. The maximum atomic E-state index is 11.8. The molecule has 2 aromatic heterocycles. The fourth-order valence-corrected chi connectivity index (χ4v) is 2.12. The van der Waals surface area contributed by atoms with E-state index >= 15 is 0 Å². The molecule has 2 aromatic rings. The van der Waals surface area contributed by atoms with Crippen LogP contribution in [0.5, 0.6) is 0 Å². The van der Waals surface area contributed by atoms with Crippen LogP contribution < -0.4 is 11.1 Å². The minimum Gasteiger partial charge on any atom is -0.361 e. The first-order chi connectivity index (χ1) is 8.56. The molecule has 0 bridgehead atoms. The molecule has 0 spiro atoms. The zero-order valence-corrected chi connectivity index (χ0v) is 11.0. The lowest BCUT2D eigenvalue weighted by Gasteiger charge is -2.00. The van der Waals surface area contributed by atoms with E-state index in [1.54, 1.807) is 18.4 Å². The van der Waals surface area contributed by atoms with Gasteiger partial charge in [0.15, 0.2) is 0 Å². The second-order valence-electron chi connectivity index (χ2n) is 3.97. The summed E-state index contributed by atoms with van der Waals surface area (Å²) in [5, 5.41) is 8.95. The van der Waals surface area contributed by atoms with E-state index in [1.165, 1.54) is 11.3 Å². The first-order valence-corrected chi connectivity index (χ1v) is 6.35. The highest BCUT2D eigenvalue weighted by molar-refractivity contribution is 7.09. The molecule has 0 aromatic carbocycles. The Bertz CT molecular complexity index is 547. The van der Waals surface area contributed by atoms with Gasteiger partial charge in [0.25, 0.3) is 5.91 Å². The van der Waals surface area contributed by atoms with Gasteiger partial charge in [0.1, 0.15) is 22.2 Å². The van der Waals surface area contributed by atoms with Gasteiger partial charge in [0.05, 0.1) is 12.6 Å². The van der Waals surface area contributed by atoms with Crippen LogP contribution in [-0.4, -0.2) is 16.0 Å². The van der Waals surface area contributed by atoms with Gasteiger partial charge in [0.2, 0.25) is 0 Å². The summed E-state index contributed by atoms with van der Waals surface area (Å²) >= 11 is 1.38. The summed E-state index contributed by atoms with van der Waals surface area (Å²) in [5.41, 5.74) is 6.75. The molecule has 0 aliphatic carbocycles. The number of amides is 1. The summed E-state index contributed by atoms with van der Waals surface area (Å²) in [7, 11) is 0. The van der Waals surface area contributed by atoms with Crippen LogP contribution in [0, 0.1) is 6.92 Å². The number of aromatic nitrogens is 2. The minimum atomic E-state index is -0.237. The molecule has 96 valence electrons. The summed E-state index contributed by atoms with van der Waals surface area (Å²) in [5.74, 6) is 0.478. The van der Waals surface area contributed by atoms with Crippen molar-refractivity contribution in [3.63, 3.8) is 0 Å². The highest BCUT2D eigenvalue weighted by atomic mass is 32.1. The van der Waals surface area contributed by atoms with Crippen molar-refractivity contribution in [3.05, 3.63) is 33.6 Å². The van der Waals surface area contributed by atoms with E-state index in [0.717, 1.165) is 5.01 Å². The van der Waals surface area contributed by atoms with Gasteiger partial charge in [-0.05, 0) is 13.8 Å². The van der Waals surface area contributed by atoms with Crippen LogP contribution in [0.2, 0.25) is 0 Å². The van der Waals surface area contributed by atoms with Crippen molar-refractivity contribution in [1.29, 1.82) is 0 Å². The van der Waals surface area contributed by atoms with E-state index in [4.69, 9.17) is 10.3 Å². The van der Waals surface area contributed by atoms with Crippen LogP contribution in [0.15, 0.2) is 16.0 Å². The second-order valence-corrected chi connectivity index (χ2v) is 4.86. The predicted molar refractivity (Wildman–Crippen MR) is 67.1 cm³/mol. The van der Waals surface area contributed by atoms with Gasteiger partial charge < -0.3 is 15.6 Å². The van der Waals surface area contributed by atoms with E-state index < -0.39 is 0 Å². The van der Waals surface area contributed by atoms with E-state index in [9.17, 15) is 4.79 Å². The Balaban J connectivity index is 1.95. The monoisotopic (exact) mass is 266 g/mol. The van der Waals surface area contributed by atoms with Gasteiger partial charge >= 0.3 is 0 Å². The van der Waals surface area contributed by atoms with Gasteiger partial charge in [-0.1, -0.05) is 5.16 Å². The van der Waals surface area contributed by atoms with Crippen molar-refractivity contribution >= 4 is 17.2 Å². The number of hydrogen-bond donors (Lipinski definition) is 2. The molecule has 18 heavy (non-hydrogen) atoms. The van der Waals surface area contributed by atoms with E-state index in [2.05, 4.69) is 15.5 Å². The molecule has 6 nitrogen and oxygen atoms in total. The van der Waals surface area contributed by atoms with Crippen molar-refractivity contribution in [1.82, 2.24) is 15.5 Å². The average Bonchev–Trinajstić information content (AvgIpc) is 2.94. The average molecular weight is 266 g/mol. The predicted octanol–water partition coefficient (Wildman–Crippen LogP) is 1.39. The molecule has 0 saturated carbocycles. The SMILES string of the molecule is Cc1cc(CNC(=O)c2csc(C(C)N)n2)no1. The molecule has 1 unspecified atom stereocenters. The van der Waals surface area contributed by atoms with Crippen LogP contribution in [0.3, 0.4) is 0 Å². The lowest BCUT2D eigenvalue weighted by Crippen LogP contribution is -2.23. The highest BCUT2D eigenvalue weighted by Crippen LogP contribution is 2.15. The van der Waals surface area contributed by atoms with Crippen LogP contribution >= 0.6 is 11.3 Å². The molecule has 0 saturated heterocycles. The Labute approximate surface area is 108 Å². The standard InChI is InChI=1S/C11H14N4O2S/c1-6-3-8(15-17-6)4-13-10(16)9-5-18-11(14-9)7(2)12/h3,5,7H,4,12H2,1-2H3,(H,13,16). The summed E-state index contributed by atoms with van der Waals surface area (Å²) in [6, 6.07) is 1.61. The lowest BCUT2D eigenvalue weighted by atomic mass is 10.3. The quantitative estimate of drug-likeness (QED) is 0.872. The lowest BCUT2D eigenvalue weighted by molar-refractivity contribution is 0.0945. The van der Waals surface area contributed by atoms with Gasteiger partial charge in [-0.2, -0.15) is 0 Å². The van der Waals surface area contributed by atoms with Crippen molar-refractivity contribution in [2.24, 2.45) is 5.73 Å². The molecule has 1 atom stereocenters. The molecule has 2 heterocycles. The van der Waals surface area contributed by atoms with Crippen LogP contribution in [-0.2, 0) is 6.54 Å². The number of carbonyl (C=O) groups is 1. The zero-order valence-electron chi connectivity index (χ0n) is 10.1. The topological polar surface area (TPSA) is 94.0 Å². The number of thiazole rings is 1. The first kappa shape index (κ1) is 12.7. The van der Waals surface area contributed by atoms with Crippen molar-refractivity contribution in [2.45, 2.75) is 26.4 Å². The number of carbonyl (C=O) groups excluding carboxylic acids is 1. The third-order valence-electron chi connectivity index (χ3n) is 2.25. The van der Waals surface area contributed by atoms with E-state index in [0.29, 0.717) is 23.7 Å². The molecule has 0 aliphatic rings. The number of nitrogens with one attached hydrogen (secondary N) is 1. The van der Waals surface area contributed by atoms with Crippen LogP contribution in [0.4, 0.5) is 0 Å². The molecule has 0 fully saturated rings. The Morgan fingerprint density at radius 1 is 1.67 bits per heavy atom. The number of hydrogen-bond acceptors (Lipinski definition) is 6. The minimum absolute atomic E-state index is 0.158. The summed E-state index contributed by atoms with van der Waals surface area (Å²) in [4.78, 5) is 16.0. The molecule has 2 rings (SSSR count). The van der Waals surface area contributed by atoms with Crippen molar-refractivity contribution in [3.8, 4) is 0 Å². The first-order valence-electron chi connectivity index (χ1n) is 5.47. The van der Waals surface area contributed by atoms with Gasteiger partial charge in [-0.15, -0.1) is 11.3 Å². The molecule has 3 N–H and O–H groups in total. The number of nitrogens with zero attached hydrogens (tertiary/aromatic N) is 2. The van der Waals surface area contributed by atoms with Gasteiger partial charge in [-0.3, -0.25) is 4.79 Å². The summed E-state index contributed by atoms with van der Waals surface area (Å²) in [6.07, 6.45) is 0. The maximum Gasteiger partial charge on any atom is 0.271 e. The van der Waals surface area contributed by atoms with Crippen molar-refractivity contribution < 1.29 is 9.32 Å². The van der Waals surface area contributed by atoms with Crippen LogP contribution in [0.1, 0.15) is 39.9 Å². The molecular weight excluding hydrogens is 252 g/mol. The third-order valence-corrected chi connectivity index (χ3v) is 3.30. The number of rotatable bonds is 4. The van der Waals surface area contributed by atoms with Gasteiger partial charge in [0, 0.05) is 11.4 Å². The Hall–Kier alpha value is -1.73. The normalized spacial score (nSPS) is 12.4. The summed E-state index contributed by atoms with van der Waals surface area (Å²) in [6.45, 7) is 3.95. The molecule has 0 radical (unpaired) electrons. The number of aryl methyl sites for hydroxylation is 1. The third kappa shape index (κ3) is 2.93. The second kappa shape index (κ2) is 5.28. The molecule has 0 aliphatic heterocycles. The molecular formula is C11H14N4O2S. The highest BCUT2D eigenvalue weighted by Gasteiger charge is 2.13. The fraction of sp³-hybridized carbons (Fsp3) is 0.364. The largest absolute Gasteiger partial charge is 0.361 e. The zero-order chi connectivity index (χ0) is 13.1. The van der Waals surface area contributed by atoms with Crippen LogP contribution in [0.25, 0.3) is 0 Å².